The van der Waals surface area contributed by atoms with Gasteiger partial charge in [-0.05, 0) is 43.7 Å². The Morgan fingerprint density at radius 2 is 2.12 bits per heavy atom. The molecule has 25 heavy (non-hydrogen) atoms. The number of aromatic amines is 1. The van der Waals surface area contributed by atoms with Crippen molar-refractivity contribution < 1.29 is 4.79 Å². The molecule has 126 valence electrons. The highest BCUT2D eigenvalue weighted by Gasteiger charge is 2.11. The van der Waals surface area contributed by atoms with Gasteiger partial charge in [0, 0.05) is 18.1 Å². The van der Waals surface area contributed by atoms with Crippen LogP contribution >= 0.6 is 0 Å². The molecule has 1 amide bonds. The van der Waals surface area contributed by atoms with Gasteiger partial charge in [0.2, 0.25) is 0 Å². The van der Waals surface area contributed by atoms with E-state index in [-0.39, 0.29) is 5.56 Å². The van der Waals surface area contributed by atoms with Crippen LogP contribution in [0.25, 0.3) is 5.69 Å². The molecule has 3 aromatic rings. The first-order chi connectivity index (χ1) is 12.1. The molecule has 2 N–H and O–H groups in total. The van der Waals surface area contributed by atoms with Crippen LogP contribution in [0.2, 0.25) is 0 Å². The fraction of sp³-hybridized carbons (Fsp3) is 0.111. The van der Waals surface area contributed by atoms with Crippen LogP contribution in [-0.4, -0.2) is 26.9 Å². The summed E-state index contributed by atoms with van der Waals surface area (Å²) in [6.07, 6.45) is 4.36. The zero-order chi connectivity index (χ0) is 17.8. The van der Waals surface area contributed by atoms with Gasteiger partial charge in [-0.2, -0.15) is 5.10 Å². The Morgan fingerprint density at radius 3 is 2.84 bits per heavy atom. The number of nitrogens with zero attached hydrogens (tertiary/aromatic N) is 3. The molecule has 3 rings (SSSR count). The summed E-state index contributed by atoms with van der Waals surface area (Å²) >= 11 is 0. The summed E-state index contributed by atoms with van der Waals surface area (Å²) in [5.41, 5.74) is 5.38. The largest absolute Gasteiger partial charge is 0.295 e. The highest BCUT2D eigenvalue weighted by molar-refractivity contribution is 5.94. The number of amides is 1. The van der Waals surface area contributed by atoms with Crippen molar-refractivity contribution in [2.75, 3.05) is 0 Å². The number of pyridine rings is 1. The predicted molar refractivity (Wildman–Crippen MR) is 95.2 cm³/mol. The molecule has 0 unspecified atom stereocenters. The first-order valence-electron chi connectivity index (χ1n) is 7.68. The van der Waals surface area contributed by atoms with Crippen molar-refractivity contribution in [2.45, 2.75) is 13.8 Å². The Hall–Kier alpha value is -3.48. The molecule has 0 aliphatic carbocycles. The van der Waals surface area contributed by atoms with E-state index in [0.29, 0.717) is 16.8 Å². The van der Waals surface area contributed by atoms with E-state index >= 15 is 0 Å². The number of hydrazone groups is 1. The van der Waals surface area contributed by atoms with Gasteiger partial charge in [0.05, 0.1) is 23.0 Å². The molecule has 2 heterocycles. The first-order valence-corrected chi connectivity index (χ1v) is 7.68. The summed E-state index contributed by atoms with van der Waals surface area (Å²) < 4.78 is 1.45. The zero-order valence-corrected chi connectivity index (χ0v) is 13.9. The normalized spacial score (nSPS) is 11.0. The predicted octanol–water partition coefficient (Wildman–Crippen LogP) is 1.94. The first kappa shape index (κ1) is 16.4. The van der Waals surface area contributed by atoms with Gasteiger partial charge in [0.25, 0.3) is 11.5 Å². The second kappa shape index (κ2) is 6.96. The maximum absolute atomic E-state index is 12.6. The van der Waals surface area contributed by atoms with Crippen molar-refractivity contribution in [3.63, 3.8) is 0 Å². The lowest BCUT2D eigenvalue weighted by molar-refractivity contribution is 0.0955. The minimum atomic E-state index is -0.392. The molecule has 7 nitrogen and oxygen atoms in total. The average molecular weight is 335 g/mol. The Bertz CT molecular complexity index is 986. The van der Waals surface area contributed by atoms with Gasteiger partial charge in [-0.3, -0.25) is 19.7 Å². The fourth-order valence-corrected chi connectivity index (χ4v) is 2.38. The van der Waals surface area contributed by atoms with Crippen LogP contribution in [0, 0.1) is 13.8 Å². The van der Waals surface area contributed by atoms with E-state index in [0.717, 1.165) is 11.3 Å². The smallest absolute Gasteiger partial charge is 0.280 e. The summed E-state index contributed by atoms with van der Waals surface area (Å²) in [5.74, 6) is -0.392. The Labute approximate surface area is 144 Å². The van der Waals surface area contributed by atoms with E-state index < -0.39 is 5.91 Å². The van der Waals surface area contributed by atoms with Crippen LogP contribution in [0.5, 0.6) is 0 Å². The Balaban J connectivity index is 1.82. The van der Waals surface area contributed by atoms with E-state index in [2.05, 4.69) is 20.6 Å². The van der Waals surface area contributed by atoms with E-state index in [9.17, 15) is 9.59 Å². The van der Waals surface area contributed by atoms with Crippen molar-refractivity contribution in [1.29, 1.82) is 0 Å². The van der Waals surface area contributed by atoms with Crippen LogP contribution in [-0.2, 0) is 0 Å². The van der Waals surface area contributed by atoms with Crippen molar-refractivity contribution in [2.24, 2.45) is 5.10 Å². The fourth-order valence-electron chi connectivity index (χ4n) is 2.38. The highest BCUT2D eigenvalue weighted by Crippen LogP contribution is 2.08. The third kappa shape index (κ3) is 3.55. The van der Waals surface area contributed by atoms with Gasteiger partial charge < -0.3 is 0 Å². The lowest BCUT2D eigenvalue weighted by Crippen LogP contribution is -2.20. The summed E-state index contributed by atoms with van der Waals surface area (Å²) in [5, 5.41) is 6.89. The molecule has 2 aromatic heterocycles. The molecular weight excluding hydrogens is 318 g/mol. The highest BCUT2D eigenvalue weighted by atomic mass is 16.2. The number of rotatable bonds is 4. The summed E-state index contributed by atoms with van der Waals surface area (Å²) in [6, 6.07) is 10.9. The quantitative estimate of drug-likeness (QED) is 0.564. The van der Waals surface area contributed by atoms with Crippen molar-refractivity contribution in [3.8, 4) is 5.69 Å². The molecule has 0 radical (unpaired) electrons. The van der Waals surface area contributed by atoms with E-state index in [1.165, 1.54) is 17.1 Å². The SMILES string of the molecule is Cc1cccc(-n2[nH]c(C)c(/C=N/NC(=O)c3cccnc3)c2=O)c1. The van der Waals surface area contributed by atoms with Gasteiger partial charge in [-0.15, -0.1) is 0 Å². The third-order valence-corrected chi connectivity index (χ3v) is 3.66. The van der Waals surface area contributed by atoms with Crippen molar-refractivity contribution >= 4 is 12.1 Å². The molecule has 0 atom stereocenters. The van der Waals surface area contributed by atoms with Crippen LogP contribution in [0.1, 0.15) is 27.2 Å². The molecule has 0 aliphatic heterocycles. The Kier molecular flexibility index (Phi) is 4.56. The van der Waals surface area contributed by atoms with Gasteiger partial charge in [0.1, 0.15) is 0 Å². The minimum absolute atomic E-state index is 0.234. The van der Waals surface area contributed by atoms with Crippen LogP contribution in [0.4, 0.5) is 0 Å². The number of aryl methyl sites for hydroxylation is 2. The molecule has 0 saturated carbocycles. The molecule has 7 heteroatoms. The monoisotopic (exact) mass is 335 g/mol. The maximum Gasteiger partial charge on any atom is 0.280 e. The van der Waals surface area contributed by atoms with Gasteiger partial charge in [-0.25, -0.2) is 10.1 Å². The third-order valence-electron chi connectivity index (χ3n) is 3.66. The van der Waals surface area contributed by atoms with E-state index in [1.54, 1.807) is 25.3 Å². The number of carbonyl (C=O) groups excluding carboxylic acids is 1. The average Bonchev–Trinajstić information content (AvgIpc) is 2.90. The number of hydrogen-bond donors (Lipinski definition) is 2. The summed E-state index contributed by atoms with van der Waals surface area (Å²) in [7, 11) is 0. The van der Waals surface area contributed by atoms with Gasteiger partial charge in [-0.1, -0.05) is 12.1 Å². The maximum atomic E-state index is 12.6. The molecule has 1 aromatic carbocycles. The number of carbonyl (C=O) groups is 1. The van der Waals surface area contributed by atoms with Crippen LogP contribution in [0.15, 0.2) is 58.7 Å². The van der Waals surface area contributed by atoms with Crippen LogP contribution < -0.4 is 11.0 Å². The molecular formula is C18H17N5O2. The molecule has 0 spiro atoms. The zero-order valence-electron chi connectivity index (χ0n) is 13.9. The topological polar surface area (TPSA) is 92.1 Å². The second-order valence-corrected chi connectivity index (χ2v) is 5.57. The lowest BCUT2D eigenvalue weighted by atomic mass is 10.2. The number of hydrogen-bond acceptors (Lipinski definition) is 4. The molecule has 0 aliphatic rings. The summed E-state index contributed by atoms with van der Waals surface area (Å²) in [4.78, 5) is 28.4. The van der Waals surface area contributed by atoms with E-state index in [4.69, 9.17) is 0 Å². The van der Waals surface area contributed by atoms with Gasteiger partial charge in [0.15, 0.2) is 0 Å². The number of nitrogens with one attached hydrogen (secondary N) is 2. The molecule has 0 bridgehead atoms. The van der Waals surface area contributed by atoms with Gasteiger partial charge >= 0.3 is 0 Å². The molecule has 0 fully saturated rings. The standard InChI is InChI=1S/C18H17N5O2/c1-12-5-3-7-15(9-12)23-18(25)16(13(2)22-23)11-20-21-17(24)14-6-4-8-19-10-14/h3-11,22H,1-2H3,(H,21,24)/b20-11+. The van der Waals surface area contributed by atoms with E-state index in [1.807, 2.05) is 31.2 Å². The number of aromatic nitrogens is 3. The number of H-pyrrole nitrogens is 1. The lowest BCUT2D eigenvalue weighted by Gasteiger charge is -2.02. The number of benzene rings is 1. The molecule has 0 saturated heterocycles. The second-order valence-electron chi connectivity index (χ2n) is 5.57. The minimum Gasteiger partial charge on any atom is -0.295 e. The Morgan fingerprint density at radius 1 is 1.28 bits per heavy atom. The van der Waals surface area contributed by atoms with Crippen LogP contribution in [0.3, 0.4) is 0 Å². The van der Waals surface area contributed by atoms with Crippen molar-refractivity contribution in [3.05, 3.63) is 81.5 Å². The van der Waals surface area contributed by atoms with Crippen molar-refractivity contribution in [1.82, 2.24) is 20.2 Å². The summed E-state index contributed by atoms with van der Waals surface area (Å²) in [6.45, 7) is 3.73.